The quantitative estimate of drug-likeness (QED) is 0.769. The molecule has 2 nitrogen and oxygen atoms in total. The molecule has 0 aliphatic carbocycles. The van der Waals surface area contributed by atoms with Gasteiger partial charge >= 0.3 is 0 Å². The topological polar surface area (TPSA) is 33.1 Å². The van der Waals surface area contributed by atoms with Gasteiger partial charge in [-0.2, -0.15) is 0 Å². The third-order valence-electron chi connectivity index (χ3n) is 1.83. The summed E-state index contributed by atoms with van der Waals surface area (Å²) in [6, 6.07) is 15.7. The number of hydrogen-bond donors (Lipinski definition) is 1. The largest absolute Gasteiger partial charge is 0.390 e. The smallest absolute Gasteiger partial charge is 0.0852 e. The first-order valence-corrected chi connectivity index (χ1v) is 4.85. The van der Waals surface area contributed by atoms with E-state index in [2.05, 4.69) is 24.0 Å². The minimum atomic E-state index is 0.0286. The molecule has 0 saturated carbocycles. The standard InChI is InChI=1S/C7H8.C6H7NO/c1-7-5-3-2-4-6-7;8-5-6-3-1-2-4-7-6/h2-6H,1H3;1-4,8H,5H2. The Morgan fingerprint density at radius 1 is 1.00 bits per heavy atom. The minimum absolute atomic E-state index is 0.0286. The number of aromatic nitrogens is 1. The molecule has 1 heterocycles. The summed E-state index contributed by atoms with van der Waals surface area (Å²) in [6.45, 7) is 2.11. The highest BCUT2D eigenvalue weighted by Crippen LogP contribution is 1.92. The van der Waals surface area contributed by atoms with Gasteiger partial charge in [0, 0.05) is 6.20 Å². The lowest BCUT2D eigenvalue weighted by molar-refractivity contribution is 0.277. The summed E-state index contributed by atoms with van der Waals surface area (Å²) in [7, 11) is 0. The van der Waals surface area contributed by atoms with Gasteiger partial charge in [0.05, 0.1) is 12.3 Å². The molecule has 0 fully saturated rings. The van der Waals surface area contributed by atoms with Gasteiger partial charge in [-0.15, -0.1) is 0 Å². The Kier molecular flexibility index (Phi) is 5.12. The molecule has 2 heteroatoms. The molecule has 0 unspecified atom stereocenters. The van der Waals surface area contributed by atoms with E-state index in [1.807, 2.05) is 30.3 Å². The van der Waals surface area contributed by atoms with Crippen LogP contribution >= 0.6 is 0 Å². The molecule has 1 aromatic heterocycles. The molecule has 0 spiro atoms. The lowest BCUT2D eigenvalue weighted by Crippen LogP contribution is -1.84. The molecule has 0 aliphatic heterocycles. The van der Waals surface area contributed by atoms with Crippen molar-refractivity contribution in [3.63, 3.8) is 0 Å². The van der Waals surface area contributed by atoms with E-state index >= 15 is 0 Å². The zero-order valence-corrected chi connectivity index (χ0v) is 8.80. The van der Waals surface area contributed by atoms with Crippen LogP contribution in [0.15, 0.2) is 54.7 Å². The molecule has 0 bridgehead atoms. The summed E-state index contributed by atoms with van der Waals surface area (Å²) >= 11 is 0. The van der Waals surface area contributed by atoms with Gasteiger partial charge < -0.3 is 5.11 Å². The van der Waals surface area contributed by atoms with Crippen molar-refractivity contribution in [2.45, 2.75) is 13.5 Å². The molecule has 78 valence electrons. The van der Waals surface area contributed by atoms with Crippen molar-refractivity contribution in [1.29, 1.82) is 0 Å². The van der Waals surface area contributed by atoms with E-state index in [1.165, 1.54) is 5.56 Å². The SMILES string of the molecule is Cc1ccccc1.OCc1ccccn1. The molecule has 0 aliphatic rings. The van der Waals surface area contributed by atoms with Crippen molar-refractivity contribution < 1.29 is 5.11 Å². The molecule has 2 aromatic rings. The van der Waals surface area contributed by atoms with Crippen molar-refractivity contribution >= 4 is 0 Å². The number of hydrogen-bond acceptors (Lipinski definition) is 2. The highest BCUT2D eigenvalue weighted by molar-refractivity contribution is 5.11. The van der Waals surface area contributed by atoms with Gasteiger partial charge in [-0.3, -0.25) is 4.98 Å². The van der Waals surface area contributed by atoms with E-state index < -0.39 is 0 Å². The Labute approximate surface area is 90.2 Å². The summed E-state index contributed by atoms with van der Waals surface area (Å²) < 4.78 is 0. The second-order valence-electron chi connectivity index (χ2n) is 3.13. The first-order valence-electron chi connectivity index (χ1n) is 4.85. The molecule has 0 amide bonds. The van der Waals surface area contributed by atoms with E-state index in [1.54, 1.807) is 12.3 Å². The number of pyridine rings is 1. The predicted octanol–water partition coefficient (Wildman–Crippen LogP) is 2.57. The zero-order valence-electron chi connectivity index (χ0n) is 8.80. The van der Waals surface area contributed by atoms with Crippen molar-refractivity contribution in [1.82, 2.24) is 4.98 Å². The highest BCUT2D eigenvalue weighted by Gasteiger charge is 1.82. The third-order valence-corrected chi connectivity index (χ3v) is 1.83. The number of rotatable bonds is 1. The van der Waals surface area contributed by atoms with Crippen LogP contribution in [0.4, 0.5) is 0 Å². The predicted molar refractivity (Wildman–Crippen MR) is 61.3 cm³/mol. The number of aliphatic hydroxyl groups is 1. The van der Waals surface area contributed by atoms with Crippen molar-refractivity contribution in [2.24, 2.45) is 0 Å². The zero-order chi connectivity index (χ0) is 10.9. The first kappa shape index (κ1) is 11.4. The molecule has 0 radical (unpaired) electrons. The molecule has 0 atom stereocenters. The van der Waals surface area contributed by atoms with Crippen molar-refractivity contribution in [3.05, 3.63) is 66.0 Å². The maximum atomic E-state index is 8.48. The van der Waals surface area contributed by atoms with Gasteiger partial charge in [0.1, 0.15) is 0 Å². The van der Waals surface area contributed by atoms with Crippen molar-refractivity contribution in [2.75, 3.05) is 0 Å². The van der Waals surface area contributed by atoms with Crippen LogP contribution in [0.2, 0.25) is 0 Å². The summed E-state index contributed by atoms with van der Waals surface area (Å²) in [5, 5.41) is 8.48. The second-order valence-corrected chi connectivity index (χ2v) is 3.13. The molecule has 2 rings (SSSR count). The molecule has 15 heavy (non-hydrogen) atoms. The van der Waals surface area contributed by atoms with Crippen LogP contribution in [-0.4, -0.2) is 10.1 Å². The van der Waals surface area contributed by atoms with E-state index in [0.717, 1.165) is 0 Å². The fourth-order valence-electron chi connectivity index (χ4n) is 1.03. The van der Waals surface area contributed by atoms with Crippen LogP contribution in [0.1, 0.15) is 11.3 Å². The van der Waals surface area contributed by atoms with E-state index in [9.17, 15) is 0 Å². The Morgan fingerprint density at radius 3 is 2.00 bits per heavy atom. The molecular formula is C13H15NO. The van der Waals surface area contributed by atoms with Gasteiger partial charge in [0.2, 0.25) is 0 Å². The average Bonchev–Trinajstić information content (AvgIpc) is 2.32. The van der Waals surface area contributed by atoms with Crippen LogP contribution in [0.3, 0.4) is 0 Å². The van der Waals surface area contributed by atoms with Crippen molar-refractivity contribution in [3.8, 4) is 0 Å². The lowest BCUT2D eigenvalue weighted by Gasteiger charge is -1.88. The van der Waals surface area contributed by atoms with Crippen LogP contribution in [0, 0.1) is 6.92 Å². The molecule has 1 N–H and O–H groups in total. The van der Waals surface area contributed by atoms with Gasteiger partial charge in [-0.1, -0.05) is 42.0 Å². The van der Waals surface area contributed by atoms with E-state index in [0.29, 0.717) is 5.69 Å². The summed E-state index contributed by atoms with van der Waals surface area (Å²) in [4.78, 5) is 3.85. The number of nitrogens with zero attached hydrogens (tertiary/aromatic N) is 1. The second kappa shape index (κ2) is 6.74. The van der Waals surface area contributed by atoms with Crippen LogP contribution in [-0.2, 0) is 6.61 Å². The monoisotopic (exact) mass is 201 g/mol. The fraction of sp³-hybridized carbons (Fsp3) is 0.154. The number of aryl methyl sites for hydroxylation is 1. The minimum Gasteiger partial charge on any atom is -0.390 e. The van der Waals surface area contributed by atoms with Gasteiger partial charge in [0.15, 0.2) is 0 Å². The molecule has 1 aromatic carbocycles. The van der Waals surface area contributed by atoms with Gasteiger partial charge in [-0.05, 0) is 19.1 Å². The fourth-order valence-corrected chi connectivity index (χ4v) is 1.03. The van der Waals surface area contributed by atoms with E-state index in [4.69, 9.17) is 5.11 Å². The average molecular weight is 201 g/mol. The maximum Gasteiger partial charge on any atom is 0.0852 e. The summed E-state index contributed by atoms with van der Waals surface area (Å²) in [6.07, 6.45) is 1.66. The molecule has 0 saturated heterocycles. The summed E-state index contributed by atoms with van der Waals surface area (Å²) in [5.41, 5.74) is 2.04. The van der Waals surface area contributed by atoms with Crippen LogP contribution in [0.5, 0.6) is 0 Å². The highest BCUT2D eigenvalue weighted by atomic mass is 16.3. The van der Waals surface area contributed by atoms with Crippen LogP contribution < -0.4 is 0 Å². The Balaban J connectivity index is 0.000000151. The van der Waals surface area contributed by atoms with Gasteiger partial charge in [0.25, 0.3) is 0 Å². The first-order chi connectivity index (χ1) is 7.33. The molecular weight excluding hydrogens is 186 g/mol. The van der Waals surface area contributed by atoms with Gasteiger partial charge in [-0.25, -0.2) is 0 Å². The Bertz CT molecular complexity index is 359. The summed E-state index contributed by atoms with van der Waals surface area (Å²) in [5.74, 6) is 0. The van der Waals surface area contributed by atoms with Crippen LogP contribution in [0.25, 0.3) is 0 Å². The van der Waals surface area contributed by atoms with E-state index in [-0.39, 0.29) is 6.61 Å². The lowest BCUT2D eigenvalue weighted by atomic mass is 10.2. The Hall–Kier alpha value is -1.67. The number of benzene rings is 1. The Morgan fingerprint density at radius 2 is 1.67 bits per heavy atom. The number of aliphatic hydroxyl groups excluding tert-OH is 1. The maximum absolute atomic E-state index is 8.48. The normalized spacial score (nSPS) is 8.93. The third kappa shape index (κ3) is 4.93.